The first-order valence-corrected chi connectivity index (χ1v) is 37.1. The van der Waals surface area contributed by atoms with Gasteiger partial charge < -0.3 is 18.6 Å². The number of rotatable bonds is 0. The van der Waals surface area contributed by atoms with E-state index in [0.29, 0.717) is 6.73 Å². The van der Waals surface area contributed by atoms with Gasteiger partial charge in [0.25, 0.3) is 0 Å². The van der Waals surface area contributed by atoms with Crippen LogP contribution in [0.15, 0.2) is 147 Å². The lowest BCUT2D eigenvalue weighted by atomic mass is 10.3. The van der Waals surface area contributed by atoms with Crippen LogP contribution in [0.25, 0.3) is 0 Å². The Kier molecular flexibility index (Phi) is 49.3. The van der Waals surface area contributed by atoms with Crippen LogP contribution in [0, 0.1) is 111 Å². The van der Waals surface area contributed by atoms with E-state index < -0.39 is 0 Å². The predicted molar refractivity (Wildman–Crippen MR) is 445 cm³/mol. The van der Waals surface area contributed by atoms with E-state index in [1.54, 1.807) is 80.4 Å². The van der Waals surface area contributed by atoms with Crippen molar-refractivity contribution < 1.29 is 9.47 Å². The summed E-state index contributed by atoms with van der Waals surface area (Å²) in [4.78, 5) is 70.5. The van der Waals surface area contributed by atoms with E-state index in [2.05, 4.69) is 113 Å². The van der Waals surface area contributed by atoms with Crippen LogP contribution in [0.3, 0.4) is 0 Å². The van der Waals surface area contributed by atoms with E-state index in [4.69, 9.17) is 9.47 Å². The Morgan fingerprint density at radius 1 is 0.358 bits per heavy atom. The van der Waals surface area contributed by atoms with E-state index in [1.165, 1.54) is 42.6 Å². The van der Waals surface area contributed by atoms with Gasteiger partial charge in [-0.3, -0.25) is 54.9 Å². The third-order valence-corrected chi connectivity index (χ3v) is 15.2. The first-order valence-electron chi connectivity index (χ1n) is 35.2. The molecule has 14 heterocycles. The lowest BCUT2D eigenvalue weighted by Gasteiger charge is -2.19. The van der Waals surface area contributed by atoms with Crippen molar-refractivity contribution in [1.29, 1.82) is 0 Å². The van der Waals surface area contributed by atoms with Gasteiger partial charge in [-0.2, -0.15) is 15.3 Å². The van der Waals surface area contributed by atoms with Crippen LogP contribution in [0.1, 0.15) is 133 Å². The Morgan fingerprint density at radius 2 is 0.817 bits per heavy atom. The molecule has 0 unspecified atom stereocenters. The maximum absolute atomic E-state index is 10.7. The molecule has 9 aromatic heterocycles. The van der Waals surface area contributed by atoms with E-state index in [9.17, 15) is 4.79 Å². The Labute approximate surface area is 656 Å². The van der Waals surface area contributed by atoms with Gasteiger partial charge >= 0.3 is 5.69 Å². The van der Waals surface area contributed by atoms with Crippen LogP contribution in [0.4, 0.5) is 0 Å². The van der Waals surface area contributed by atoms with Gasteiger partial charge in [-0.05, 0) is 173 Å². The number of aryl methyl sites for hydroxylation is 18. The summed E-state index contributed by atoms with van der Waals surface area (Å²) in [6.45, 7) is 45.2. The minimum Gasteiger partial charge on any atom is -0.478 e. The van der Waals surface area contributed by atoms with Crippen molar-refractivity contribution in [2.45, 2.75) is 152 Å². The number of pyridine rings is 2. The number of aromatic nitrogens is 17. The summed E-state index contributed by atoms with van der Waals surface area (Å²) in [5.74, 6) is 7.78. The van der Waals surface area contributed by atoms with Crippen molar-refractivity contribution in [3.05, 3.63) is 219 Å². The second-order valence-electron chi connectivity index (χ2n) is 24.9. The van der Waals surface area contributed by atoms with Gasteiger partial charge in [0.1, 0.15) is 42.1 Å². The summed E-state index contributed by atoms with van der Waals surface area (Å²) in [7, 11) is 13.2. The summed E-state index contributed by atoms with van der Waals surface area (Å²) in [6, 6.07) is 13.8. The number of hydrazone groups is 5. The molecule has 109 heavy (non-hydrogen) atoms. The molecule has 0 aromatic carbocycles. The smallest absolute Gasteiger partial charge is 0.327 e. The normalized spacial score (nSPS) is 13.0. The number of imidazole rings is 1. The molecular weight excluding hydrogens is 1420 g/mol. The minimum atomic E-state index is 0.0185. The highest BCUT2D eigenvalue weighted by molar-refractivity contribution is 8.14. The molecule has 592 valence electrons. The van der Waals surface area contributed by atoms with Crippen LogP contribution in [0.5, 0.6) is 0 Å². The lowest BCUT2D eigenvalue weighted by Crippen LogP contribution is -2.25. The van der Waals surface area contributed by atoms with Gasteiger partial charge in [0, 0.05) is 191 Å². The van der Waals surface area contributed by atoms with Crippen molar-refractivity contribution in [2.24, 2.45) is 39.6 Å². The molecule has 0 saturated heterocycles. The molecule has 0 amide bonds. The zero-order valence-corrected chi connectivity index (χ0v) is 71.4. The molecule has 30 nitrogen and oxygen atoms in total. The van der Waals surface area contributed by atoms with Crippen molar-refractivity contribution in [3.63, 3.8) is 0 Å². The SMILES string of the molecule is CC1=NN(C)CC1.CC1=NN(C)CCO1.CC1=NN(C)CCS1.CC1=NN(C)CO1.CC1=NN(C)CS1.Cc1ccc(C)nc1.Cc1cccc(C)n1.Cc1ccnc(C)n1.Cc1ccnc(C)n1.Cc1cnc(C)cn1.Cc1cnc(C)nc1.Cc1cncc(C)n1.Cc1ncnc(C)n1.Cn1ccn(C)c1=O. The van der Waals surface area contributed by atoms with Crippen LogP contribution < -0.4 is 5.69 Å². The van der Waals surface area contributed by atoms with Gasteiger partial charge in [-0.25, -0.2) is 49.7 Å². The van der Waals surface area contributed by atoms with Gasteiger partial charge in [-0.1, -0.05) is 23.9 Å². The standard InChI is InChI=1S/2C7H9N.5C6H8N2.C5H7N3.C5H8N2O.C5H10N2O.C5H10N2S.C5H10N2.C4H8N2O.C4H8N2S/c1-6-3-4-7(2)8-5-6;1-6-4-3-5-7(2)8-6;1-5-3-8-6(2)4-7-5;1-5-3-7-4-6(2)8-5;1-5-3-7-6(2)8-4-5;2*1-5-3-4-7-6(2)8-5;1-4-6-3-7-5(2)8-4;1-6-3-4-7(2)5(6)8;2*1-5-6-7(2)3-4-8-5;1-5-3-4-7(2)6-5;2*1-4-5-6(2)3-7-4/h2*3-5H,1-2H3;5*3-4H,1-2H3;3H,1-2H3;3-4H,1-2H3;2*3-4H2,1-2H3;3-4H2,1-2H3;2*3H2,1-2H3. The molecule has 32 heteroatoms. The van der Waals surface area contributed by atoms with E-state index in [1.807, 2.05) is 260 Å². The second-order valence-corrected chi connectivity index (χ2v) is 27.4. The summed E-state index contributed by atoms with van der Waals surface area (Å²) in [5.41, 5.74) is 12.8. The zero-order chi connectivity index (χ0) is 81.8. The van der Waals surface area contributed by atoms with Crippen LogP contribution >= 0.6 is 23.5 Å². The fourth-order valence-electron chi connectivity index (χ4n) is 7.91. The number of hydrogen-bond donors (Lipinski definition) is 0. The van der Waals surface area contributed by atoms with Crippen LogP contribution in [-0.4, -0.2) is 216 Å². The molecule has 0 fully saturated rings. The van der Waals surface area contributed by atoms with E-state index >= 15 is 0 Å². The number of thioether (sulfide) groups is 2. The van der Waals surface area contributed by atoms with Crippen molar-refractivity contribution in [3.8, 4) is 0 Å². The highest BCUT2D eigenvalue weighted by atomic mass is 32.2. The molecule has 9 aromatic rings. The van der Waals surface area contributed by atoms with Crippen molar-refractivity contribution in [2.75, 3.05) is 79.8 Å². The highest BCUT2D eigenvalue weighted by Crippen LogP contribution is 2.13. The zero-order valence-electron chi connectivity index (χ0n) is 69.7. The lowest BCUT2D eigenvalue weighted by molar-refractivity contribution is 0.189. The largest absolute Gasteiger partial charge is 0.478 e. The topological polar surface area (TPSA) is 317 Å². The average Bonchev–Trinajstić information content (AvgIpc) is 1.77. The summed E-state index contributed by atoms with van der Waals surface area (Å²) in [5, 5.41) is 32.2. The summed E-state index contributed by atoms with van der Waals surface area (Å²) >= 11 is 3.61. The molecular formula is C77H119N27O3S2. The fraction of sp³-hybridized carbons (Fsp3) is 0.468. The first kappa shape index (κ1) is 96.4. The molecule has 5 aliphatic heterocycles. The second kappa shape index (κ2) is 55.7. The van der Waals surface area contributed by atoms with Crippen molar-refractivity contribution >= 4 is 51.1 Å². The average molecular weight is 1540 g/mol. The maximum Gasteiger partial charge on any atom is 0.327 e. The molecule has 0 spiro atoms. The number of likely N-dealkylation sites (N-methyl/N-ethyl adjacent to an activating group) is 1. The Hall–Kier alpha value is -10.6. The van der Waals surface area contributed by atoms with Crippen LogP contribution in [-0.2, 0) is 23.6 Å². The molecule has 0 radical (unpaired) electrons. The van der Waals surface area contributed by atoms with E-state index in [-0.39, 0.29) is 5.69 Å². The third kappa shape index (κ3) is 52.9. The number of nitrogens with zero attached hydrogens (tertiary/aromatic N) is 27. The number of ether oxygens (including phenoxy) is 2. The Bertz CT molecular complexity index is 3580. The highest BCUT2D eigenvalue weighted by Gasteiger charge is 2.07. The van der Waals surface area contributed by atoms with Gasteiger partial charge in [0.15, 0.2) is 6.73 Å². The maximum atomic E-state index is 10.7. The first-order chi connectivity index (χ1) is 51.5. The molecule has 0 N–H and O–H groups in total. The number of hydrogen-bond acceptors (Lipinski definition) is 30. The van der Waals surface area contributed by atoms with Crippen molar-refractivity contribution in [1.82, 2.24) is 109 Å². The Morgan fingerprint density at radius 3 is 1.06 bits per heavy atom. The molecule has 0 atom stereocenters. The van der Waals surface area contributed by atoms with Crippen LogP contribution in [0.2, 0.25) is 0 Å². The Balaban J connectivity index is 0.000000587. The predicted octanol–water partition coefficient (Wildman–Crippen LogP) is 12.2. The molecule has 0 saturated carbocycles. The monoisotopic (exact) mass is 1530 g/mol. The molecule has 0 bridgehead atoms. The molecule has 5 aliphatic rings. The molecule has 14 rings (SSSR count). The van der Waals surface area contributed by atoms with Gasteiger partial charge in [0.05, 0.1) is 45.3 Å². The quantitative estimate of drug-likeness (QED) is 0.136. The third-order valence-electron chi connectivity index (χ3n) is 13.3. The summed E-state index contributed by atoms with van der Waals surface area (Å²) in [6.07, 6.45) is 22.1. The molecule has 0 aliphatic carbocycles. The summed E-state index contributed by atoms with van der Waals surface area (Å²) < 4.78 is 13.1. The van der Waals surface area contributed by atoms with Gasteiger partial charge in [-0.15, -0.1) is 22.0 Å². The fourth-order valence-corrected chi connectivity index (χ4v) is 9.39. The van der Waals surface area contributed by atoms with E-state index in [0.717, 1.165) is 136 Å². The minimum absolute atomic E-state index is 0.0185. The van der Waals surface area contributed by atoms with Gasteiger partial charge in [0.2, 0.25) is 11.8 Å².